The van der Waals surface area contributed by atoms with Crippen molar-refractivity contribution in [1.29, 1.82) is 0 Å². The third-order valence-corrected chi connectivity index (χ3v) is 4.96. The highest BCUT2D eigenvalue weighted by molar-refractivity contribution is 7.99. The molecule has 1 N–H and O–H groups in total. The number of thioether (sulfide) groups is 1. The van der Waals surface area contributed by atoms with Gasteiger partial charge >= 0.3 is 0 Å². The second-order valence-corrected chi connectivity index (χ2v) is 6.27. The first-order chi connectivity index (χ1) is 9.78. The number of ether oxygens (including phenoxy) is 2. The predicted octanol–water partition coefficient (Wildman–Crippen LogP) is 3.47. The van der Waals surface area contributed by atoms with E-state index in [2.05, 4.69) is 17.6 Å². The molecule has 2 unspecified atom stereocenters. The number of methoxy groups -OCH3 is 1. The lowest BCUT2D eigenvalue weighted by Gasteiger charge is -2.17. The van der Waals surface area contributed by atoms with Crippen LogP contribution in [0.5, 0.6) is 11.5 Å². The topological polar surface area (TPSA) is 30.5 Å². The zero-order valence-electron chi connectivity index (χ0n) is 12.6. The number of hydrogen-bond acceptors (Lipinski definition) is 4. The van der Waals surface area contributed by atoms with Gasteiger partial charge in [0, 0.05) is 23.4 Å². The minimum Gasteiger partial charge on any atom is -0.493 e. The van der Waals surface area contributed by atoms with E-state index in [1.807, 2.05) is 30.8 Å². The van der Waals surface area contributed by atoms with E-state index in [9.17, 15) is 0 Å². The summed E-state index contributed by atoms with van der Waals surface area (Å²) in [6.45, 7) is 3.49. The molecule has 0 heterocycles. The Balaban J connectivity index is 1.97. The third kappa shape index (κ3) is 3.83. The van der Waals surface area contributed by atoms with Gasteiger partial charge in [-0.15, -0.1) is 0 Å². The number of rotatable bonds is 7. The summed E-state index contributed by atoms with van der Waals surface area (Å²) in [6, 6.07) is 6.73. The molecule has 2 rings (SSSR count). The number of hydrogen-bond donors (Lipinski definition) is 1. The van der Waals surface area contributed by atoms with Gasteiger partial charge in [-0.05, 0) is 38.5 Å². The van der Waals surface area contributed by atoms with E-state index in [0.29, 0.717) is 12.6 Å². The Morgan fingerprint density at radius 2 is 2.20 bits per heavy atom. The van der Waals surface area contributed by atoms with Crippen molar-refractivity contribution < 1.29 is 9.47 Å². The quantitative estimate of drug-likeness (QED) is 0.834. The minimum absolute atomic E-state index is 0.632. The summed E-state index contributed by atoms with van der Waals surface area (Å²) in [7, 11) is 1.71. The van der Waals surface area contributed by atoms with Gasteiger partial charge in [0.1, 0.15) is 0 Å². The molecule has 1 fully saturated rings. The van der Waals surface area contributed by atoms with E-state index in [0.717, 1.165) is 23.3 Å². The van der Waals surface area contributed by atoms with Crippen LogP contribution < -0.4 is 14.8 Å². The van der Waals surface area contributed by atoms with Gasteiger partial charge in [-0.1, -0.05) is 12.1 Å². The Bertz CT molecular complexity index is 425. The number of benzene rings is 1. The Hall–Kier alpha value is -0.870. The molecule has 1 aliphatic rings. The van der Waals surface area contributed by atoms with Crippen molar-refractivity contribution in [2.45, 2.75) is 44.0 Å². The first kappa shape index (κ1) is 15.5. The van der Waals surface area contributed by atoms with Gasteiger partial charge in [-0.3, -0.25) is 0 Å². The molecule has 112 valence electrons. The van der Waals surface area contributed by atoms with E-state index in [1.165, 1.54) is 24.8 Å². The molecule has 1 aromatic carbocycles. The number of para-hydroxylation sites is 1. The zero-order valence-corrected chi connectivity index (χ0v) is 13.5. The van der Waals surface area contributed by atoms with Crippen LogP contribution >= 0.6 is 11.8 Å². The zero-order chi connectivity index (χ0) is 14.4. The maximum absolute atomic E-state index is 5.62. The lowest BCUT2D eigenvalue weighted by atomic mass is 10.1. The molecule has 20 heavy (non-hydrogen) atoms. The lowest BCUT2D eigenvalue weighted by Crippen LogP contribution is -2.26. The molecule has 0 aromatic heterocycles. The first-order valence-corrected chi connectivity index (χ1v) is 8.62. The molecule has 4 heteroatoms. The monoisotopic (exact) mass is 295 g/mol. The average Bonchev–Trinajstić information content (AvgIpc) is 2.93. The third-order valence-electron chi connectivity index (χ3n) is 3.86. The molecule has 3 nitrogen and oxygen atoms in total. The highest BCUT2D eigenvalue weighted by Crippen LogP contribution is 2.32. The minimum atomic E-state index is 0.632. The van der Waals surface area contributed by atoms with Crippen molar-refractivity contribution in [3.8, 4) is 11.5 Å². The van der Waals surface area contributed by atoms with Crippen molar-refractivity contribution in [1.82, 2.24) is 5.32 Å². The van der Waals surface area contributed by atoms with Crippen molar-refractivity contribution in [3.63, 3.8) is 0 Å². The van der Waals surface area contributed by atoms with Crippen LogP contribution in [0.1, 0.15) is 31.7 Å². The summed E-state index contributed by atoms with van der Waals surface area (Å²) in [5.74, 6) is 1.70. The summed E-state index contributed by atoms with van der Waals surface area (Å²) in [5.41, 5.74) is 1.17. The van der Waals surface area contributed by atoms with Crippen molar-refractivity contribution >= 4 is 11.8 Å². The molecule has 0 radical (unpaired) electrons. The van der Waals surface area contributed by atoms with E-state index in [1.54, 1.807) is 7.11 Å². The molecule has 2 atom stereocenters. The summed E-state index contributed by atoms with van der Waals surface area (Å²) in [5, 5.41) is 4.48. The van der Waals surface area contributed by atoms with Crippen LogP contribution in [-0.4, -0.2) is 31.3 Å². The predicted molar refractivity (Wildman–Crippen MR) is 85.9 cm³/mol. The standard InChI is InChI=1S/C16H25NO2S/c1-4-19-15-7-5-6-12(16(15)18-2)11-17-13-8-9-14(10-13)20-3/h5-7,13-14,17H,4,8-11H2,1-3H3. The van der Waals surface area contributed by atoms with Crippen LogP contribution in [0.2, 0.25) is 0 Å². The van der Waals surface area contributed by atoms with Crippen LogP contribution in [0.15, 0.2) is 18.2 Å². The van der Waals surface area contributed by atoms with Crippen LogP contribution in [-0.2, 0) is 6.54 Å². The van der Waals surface area contributed by atoms with Gasteiger partial charge in [-0.25, -0.2) is 0 Å². The molecule has 1 aromatic rings. The largest absolute Gasteiger partial charge is 0.493 e. The molecule has 0 amide bonds. The van der Waals surface area contributed by atoms with Crippen molar-refractivity contribution in [3.05, 3.63) is 23.8 Å². The van der Waals surface area contributed by atoms with Crippen LogP contribution in [0.4, 0.5) is 0 Å². The Morgan fingerprint density at radius 1 is 1.35 bits per heavy atom. The van der Waals surface area contributed by atoms with E-state index >= 15 is 0 Å². The van der Waals surface area contributed by atoms with Crippen molar-refractivity contribution in [2.75, 3.05) is 20.0 Å². The Morgan fingerprint density at radius 3 is 2.85 bits per heavy atom. The summed E-state index contributed by atoms with van der Waals surface area (Å²) >= 11 is 1.99. The van der Waals surface area contributed by atoms with Crippen LogP contribution in [0.3, 0.4) is 0 Å². The fourth-order valence-electron chi connectivity index (χ4n) is 2.80. The molecule has 1 saturated carbocycles. The summed E-state index contributed by atoms with van der Waals surface area (Å²) in [6.07, 6.45) is 6.09. The SMILES string of the molecule is CCOc1cccc(CNC2CCC(SC)C2)c1OC. The molecule has 0 aliphatic heterocycles. The second-order valence-electron chi connectivity index (χ2n) is 5.13. The Kier molecular flexibility index (Phi) is 6.05. The lowest BCUT2D eigenvalue weighted by molar-refractivity contribution is 0.308. The molecule has 0 bridgehead atoms. The fourth-order valence-corrected chi connectivity index (χ4v) is 3.59. The van der Waals surface area contributed by atoms with Crippen molar-refractivity contribution in [2.24, 2.45) is 0 Å². The van der Waals surface area contributed by atoms with Gasteiger partial charge in [0.2, 0.25) is 0 Å². The maximum Gasteiger partial charge on any atom is 0.165 e. The van der Waals surface area contributed by atoms with Gasteiger partial charge in [0.05, 0.1) is 13.7 Å². The number of nitrogens with one attached hydrogen (secondary N) is 1. The van der Waals surface area contributed by atoms with E-state index in [-0.39, 0.29) is 0 Å². The molecular weight excluding hydrogens is 270 g/mol. The Labute approximate surface area is 126 Å². The maximum atomic E-state index is 5.62. The summed E-state index contributed by atoms with van der Waals surface area (Å²) < 4.78 is 11.1. The smallest absolute Gasteiger partial charge is 0.165 e. The molecular formula is C16H25NO2S. The van der Waals surface area contributed by atoms with Gasteiger partial charge in [0.15, 0.2) is 11.5 Å². The highest BCUT2D eigenvalue weighted by atomic mass is 32.2. The normalized spacial score (nSPS) is 21.9. The molecule has 0 saturated heterocycles. The second kappa shape index (κ2) is 7.79. The van der Waals surface area contributed by atoms with Crippen LogP contribution in [0, 0.1) is 0 Å². The average molecular weight is 295 g/mol. The fraction of sp³-hybridized carbons (Fsp3) is 0.625. The first-order valence-electron chi connectivity index (χ1n) is 7.33. The van der Waals surface area contributed by atoms with E-state index < -0.39 is 0 Å². The van der Waals surface area contributed by atoms with Gasteiger partial charge in [0.25, 0.3) is 0 Å². The van der Waals surface area contributed by atoms with Gasteiger partial charge < -0.3 is 14.8 Å². The molecule has 0 spiro atoms. The molecule has 1 aliphatic carbocycles. The summed E-state index contributed by atoms with van der Waals surface area (Å²) in [4.78, 5) is 0. The van der Waals surface area contributed by atoms with Crippen LogP contribution in [0.25, 0.3) is 0 Å². The van der Waals surface area contributed by atoms with Gasteiger partial charge in [-0.2, -0.15) is 11.8 Å². The highest BCUT2D eigenvalue weighted by Gasteiger charge is 2.23. The van der Waals surface area contributed by atoms with E-state index in [4.69, 9.17) is 9.47 Å².